The minimum Gasteiger partial charge on any atom is -0.318 e. The van der Waals surface area contributed by atoms with Crippen LogP contribution in [0, 0.1) is 0 Å². The summed E-state index contributed by atoms with van der Waals surface area (Å²) in [5, 5.41) is 15.4. The lowest BCUT2D eigenvalue weighted by molar-refractivity contribution is 0.232. The molecule has 0 bridgehead atoms. The van der Waals surface area contributed by atoms with Crippen LogP contribution in [0.3, 0.4) is 0 Å². The van der Waals surface area contributed by atoms with Crippen LogP contribution in [0.15, 0.2) is 0 Å². The predicted molar refractivity (Wildman–Crippen MR) is 70.7 cm³/mol. The highest BCUT2D eigenvalue weighted by atomic mass is 35.5. The first kappa shape index (κ1) is 13.7. The Balaban J connectivity index is 0.00000120. The Morgan fingerprint density at radius 1 is 1.33 bits per heavy atom. The minimum absolute atomic E-state index is 0. The average Bonchev–Trinajstić information content (AvgIpc) is 2.92. The second-order valence-corrected chi connectivity index (χ2v) is 5.10. The van der Waals surface area contributed by atoms with Crippen molar-refractivity contribution in [2.75, 3.05) is 20.1 Å². The first-order valence-electron chi connectivity index (χ1n) is 6.54. The molecule has 0 amide bonds. The summed E-state index contributed by atoms with van der Waals surface area (Å²) in [4.78, 5) is 2.50. The Morgan fingerprint density at radius 2 is 2.17 bits per heavy atom. The van der Waals surface area contributed by atoms with E-state index < -0.39 is 0 Å². The van der Waals surface area contributed by atoms with Crippen molar-refractivity contribution in [2.24, 2.45) is 0 Å². The van der Waals surface area contributed by atoms with Crippen molar-refractivity contribution in [3.05, 3.63) is 5.82 Å². The van der Waals surface area contributed by atoms with E-state index in [0.717, 1.165) is 18.9 Å². The number of tetrazole rings is 1. The molecule has 0 aromatic carbocycles. The molecule has 2 aliphatic rings. The molecule has 18 heavy (non-hydrogen) atoms. The molecule has 102 valence electrons. The third kappa shape index (κ3) is 2.81. The standard InChI is InChI=1S/C11H20N6.ClH/c1-12-7-10-3-2-6-16(10)8-11-13-14-15-17(11)9-4-5-9;/h9-10,12H,2-8H2,1H3;1H. The molecule has 1 saturated carbocycles. The van der Waals surface area contributed by atoms with Gasteiger partial charge in [0.25, 0.3) is 0 Å². The first-order chi connectivity index (χ1) is 8.38. The lowest BCUT2D eigenvalue weighted by Gasteiger charge is -2.23. The predicted octanol–water partition coefficient (Wildman–Crippen LogP) is 0.614. The minimum atomic E-state index is 0. The lowest BCUT2D eigenvalue weighted by atomic mass is 10.2. The van der Waals surface area contributed by atoms with E-state index in [4.69, 9.17) is 0 Å². The van der Waals surface area contributed by atoms with Crippen molar-refractivity contribution in [2.45, 2.75) is 44.3 Å². The van der Waals surface area contributed by atoms with E-state index in [0.29, 0.717) is 12.1 Å². The Morgan fingerprint density at radius 3 is 2.89 bits per heavy atom. The summed E-state index contributed by atoms with van der Waals surface area (Å²) in [6.45, 7) is 3.13. The van der Waals surface area contributed by atoms with Crippen LogP contribution >= 0.6 is 12.4 Å². The Bertz CT molecular complexity index is 377. The van der Waals surface area contributed by atoms with E-state index in [2.05, 4.69) is 25.7 Å². The Hall–Kier alpha value is -0.720. The number of likely N-dealkylation sites (N-methyl/N-ethyl adjacent to an activating group) is 1. The van der Waals surface area contributed by atoms with Gasteiger partial charge >= 0.3 is 0 Å². The highest BCUT2D eigenvalue weighted by Crippen LogP contribution is 2.34. The smallest absolute Gasteiger partial charge is 0.165 e. The number of hydrogen-bond acceptors (Lipinski definition) is 5. The molecule has 2 fully saturated rings. The average molecular weight is 273 g/mol. The molecule has 1 unspecified atom stereocenters. The lowest BCUT2D eigenvalue weighted by Crippen LogP contribution is -2.37. The van der Waals surface area contributed by atoms with Crippen molar-refractivity contribution in [3.8, 4) is 0 Å². The molecule has 7 heteroatoms. The van der Waals surface area contributed by atoms with Crippen LogP contribution in [0.1, 0.15) is 37.5 Å². The molecular weight excluding hydrogens is 252 g/mol. The van der Waals surface area contributed by atoms with Crippen molar-refractivity contribution in [1.82, 2.24) is 30.4 Å². The maximum absolute atomic E-state index is 4.18. The van der Waals surface area contributed by atoms with Crippen molar-refractivity contribution < 1.29 is 0 Å². The normalized spacial score (nSPS) is 24.2. The summed E-state index contributed by atoms with van der Waals surface area (Å²) in [7, 11) is 2.02. The molecule has 1 atom stereocenters. The number of rotatable bonds is 5. The Kier molecular flexibility index (Phi) is 4.53. The zero-order valence-corrected chi connectivity index (χ0v) is 11.6. The molecule has 1 N–H and O–H groups in total. The van der Waals surface area contributed by atoms with E-state index in [1.54, 1.807) is 0 Å². The van der Waals surface area contributed by atoms with E-state index in [1.165, 1.54) is 32.2 Å². The zero-order valence-electron chi connectivity index (χ0n) is 10.7. The van der Waals surface area contributed by atoms with Crippen LogP contribution in [0.2, 0.25) is 0 Å². The molecule has 0 radical (unpaired) electrons. The number of nitrogens with one attached hydrogen (secondary N) is 1. The van der Waals surface area contributed by atoms with Gasteiger partial charge in [0, 0.05) is 12.6 Å². The summed E-state index contributed by atoms with van der Waals surface area (Å²) in [6, 6.07) is 1.22. The number of halogens is 1. The number of nitrogens with zero attached hydrogens (tertiary/aromatic N) is 5. The quantitative estimate of drug-likeness (QED) is 0.851. The number of likely N-dealkylation sites (tertiary alicyclic amines) is 1. The van der Waals surface area contributed by atoms with Crippen LogP contribution in [-0.4, -0.2) is 51.3 Å². The van der Waals surface area contributed by atoms with Gasteiger partial charge < -0.3 is 5.32 Å². The maximum Gasteiger partial charge on any atom is 0.165 e. The summed E-state index contributed by atoms with van der Waals surface area (Å²) in [5.74, 6) is 1.04. The molecule has 1 aromatic rings. The topological polar surface area (TPSA) is 58.9 Å². The fourth-order valence-corrected chi connectivity index (χ4v) is 2.67. The molecule has 1 aromatic heterocycles. The van der Waals surface area contributed by atoms with Gasteiger partial charge in [-0.25, -0.2) is 4.68 Å². The maximum atomic E-state index is 4.18. The molecule has 3 rings (SSSR count). The Labute approximate surface area is 114 Å². The third-order valence-electron chi connectivity index (χ3n) is 3.74. The monoisotopic (exact) mass is 272 g/mol. The SMILES string of the molecule is CNCC1CCCN1Cc1nnnn1C1CC1.Cl. The van der Waals surface area contributed by atoms with Crippen molar-refractivity contribution in [1.29, 1.82) is 0 Å². The van der Waals surface area contributed by atoms with Gasteiger partial charge in [-0.2, -0.15) is 0 Å². The second kappa shape index (κ2) is 5.95. The molecule has 1 aliphatic heterocycles. The summed E-state index contributed by atoms with van der Waals surface area (Å²) in [5.41, 5.74) is 0. The van der Waals surface area contributed by atoms with E-state index in [9.17, 15) is 0 Å². The van der Waals surface area contributed by atoms with Gasteiger partial charge in [0.15, 0.2) is 5.82 Å². The van der Waals surface area contributed by atoms with Gasteiger partial charge in [-0.1, -0.05) is 0 Å². The van der Waals surface area contributed by atoms with Crippen molar-refractivity contribution >= 4 is 12.4 Å². The first-order valence-corrected chi connectivity index (χ1v) is 6.54. The van der Waals surface area contributed by atoms with Crippen LogP contribution in [0.5, 0.6) is 0 Å². The number of hydrogen-bond donors (Lipinski definition) is 1. The van der Waals surface area contributed by atoms with E-state index in [1.807, 2.05) is 11.7 Å². The van der Waals surface area contributed by atoms with E-state index in [-0.39, 0.29) is 12.4 Å². The number of aromatic nitrogens is 4. The van der Waals surface area contributed by atoms with Crippen LogP contribution < -0.4 is 5.32 Å². The van der Waals surface area contributed by atoms with Gasteiger partial charge in [0.2, 0.25) is 0 Å². The van der Waals surface area contributed by atoms with Gasteiger partial charge in [0.05, 0.1) is 12.6 Å². The zero-order chi connectivity index (χ0) is 11.7. The van der Waals surface area contributed by atoms with Gasteiger partial charge in [-0.3, -0.25) is 4.90 Å². The summed E-state index contributed by atoms with van der Waals surface area (Å²) >= 11 is 0. The van der Waals surface area contributed by atoms with E-state index >= 15 is 0 Å². The van der Waals surface area contributed by atoms with Crippen molar-refractivity contribution in [3.63, 3.8) is 0 Å². The van der Waals surface area contributed by atoms with Gasteiger partial charge in [-0.05, 0) is 49.7 Å². The molecule has 2 heterocycles. The highest BCUT2D eigenvalue weighted by molar-refractivity contribution is 5.85. The summed E-state index contributed by atoms with van der Waals surface area (Å²) < 4.78 is 2.02. The molecule has 1 saturated heterocycles. The highest BCUT2D eigenvalue weighted by Gasteiger charge is 2.30. The largest absolute Gasteiger partial charge is 0.318 e. The summed E-state index contributed by atoms with van der Waals surface area (Å²) in [6.07, 6.45) is 5.04. The molecule has 0 spiro atoms. The van der Waals surface area contributed by atoms with Crippen LogP contribution in [-0.2, 0) is 6.54 Å². The third-order valence-corrected chi connectivity index (χ3v) is 3.74. The van der Waals surface area contributed by atoms with Gasteiger partial charge in [-0.15, -0.1) is 17.5 Å². The fraction of sp³-hybridized carbons (Fsp3) is 0.909. The van der Waals surface area contributed by atoms with Crippen LogP contribution in [0.25, 0.3) is 0 Å². The van der Waals surface area contributed by atoms with Gasteiger partial charge in [0.1, 0.15) is 0 Å². The van der Waals surface area contributed by atoms with Crippen LogP contribution in [0.4, 0.5) is 0 Å². The second-order valence-electron chi connectivity index (χ2n) is 5.10. The molecule has 6 nitrogen and oxygen atoms in total. The molecular formula is C11H21ClN6. The molecule has 1 aliphatic carbocycles. The fourth-order valence-electron chi connectivity index (χ4n) is 2.67.